The molecule has 0 fully saturated rings. The minimum Gasteiger partial charge on any atom is -0.496 e. The second-order valence-corrected chi connectivity index (χ2v) is 4.50. The van der Waals surface area contributed by atoms with Crippen LogP contribution in [0.5, 0.6) is 5.75 Å². The number of methoxy groups -OCH3 is 1. The quantitative estimate of drug-likeness (QED) is 0.873. The van der Waals surface area contributed by atoms with Gasteiger partial charge in [-0.15, -0.1) is 0 Å². The lowest BCUT2D eigenvalue weighted by Gasteiger charge is -2.12. The van der Waals surface area contributed by atoms with Crippen LogP contribution in [-0.4, -0.2) is 17.1 Å². The van der Waals surface area contributed by atoms with Gasteiger partial charge in [-0.05, 0) is 18.1 Å². The molecular formula is C14H16ClN3O. The van der Waals surface area contributed by atoms with Crippen molar-refractivity contribution in [3.8, 4) is 5.75 Å². The van der Waals surface area contributed by atoms with Gasteiger partial charge in [0.1, 0.15) is 10.9 Å². The van der Waals surface area contributed by atoms with Crippen molar-refractivity contribution in [2.75, 3.05) is 12.8 Å². The maximum atomic E-state index is 6.19. The van der Waals surface area contributed by atoms with Crippen LogP contribution in [0.3, 0.4) is 0 Å². The van der Waals surface area contributed by atoms with Crippen molar-refractivity contribution in [1.82, 2.24) is 9.97 Å². The minimum atomic E-state index is 0.214. The number of nitrogen functional groups attached to an aromatic ring is 1. The fraction of sp³-hybridized carbons (Fsp3) is 0.286. The third-order valence-electron chi connectivity index (χ3n) is 2.95. The molecule has 4 nitrogen and oxygen atoms in total. The molecule has 0 aliphatic rings. The van der Waals surface area contributed by atoms with Gasteiger partial charge in [0.25, 0.3) is 0 Å². The number of hydrogen-bond acceptors (Lipinski definition) is 4. The molecule has 1 heterocycles. The Kier molecular flexibility index (Phi) is 4.22. The standard InChI is InChI=1S/C14H16ClN3O/c1-3-11-10(13(15)18-14(16)17-11)8-9-6-4-5-7-12(9)19-2/h4-7H,3,8H2,1-2H3,(H2,16,17,18). The molecule has 0 spiro atoms. The molecular weight excluding hydrogens is 262 g/mol. The first-order chi connectivity index (χ1) is 9.15. The van der Waals surface area contributed by atoms with E-state index < -0.39 is 0 Å². The number of para-hydroxylation sites is 1. The van der Waals surface area contributed by atoms with Crippen molar-refractivity contribution in [3.05, 3.63) is 46.2 Å². The molecule has 1 aromatic heterocycles. The molecule has 5 heteroatoms. The van der Waals surface area contributed by atoms with E-state index in [0.717, 1.165) is 29.0 Å². The summed E-state index contributed by atoms with van der Waals surface area (Å²) in [5.74, 6) is 1.04. The zero-order chi connectivity index (χ0) is 13.8. The smallest absolute Gasteiger partial charge is 0.221 e. The maximum absolute atomic E-state index is 6.19. The molecule has 0 saturated heterocycles. The topological polar surface area (TPSA) is 61.0 Å². The van der Waals surface area contributed by atoms with Gasteiger partial charge in [0.05, 0.1) is 12.8 Å². The molecule has 0 unspecified atom stereocenters. The zero-order valence-corrected chi connectivity index (χ0v) is 11.7. The van der Waals surface area contributed by atoms with E-state index in [-0.39, 0.29) is 5.95 Å². The van der Waals surface area contributed by atoms with Crippen molar-refractivity contribution in [2.24, 2.45) is 0 Å². The number of nitrogens with zero attached hydrogens (tertiary/aromatic N) is 2. The van der Waals surface area contributed by atoms with E-state index in [1.54, 1.807) is 7.11 Å². The molecule has 0 aliphatic heterocycles. The zero-order valence-electron chi connectivity index (χ0n) is 11.0. The summed E-state index contributed by atoms with van der Waals surface area (Å²) in [4.78, 5) is 8.27. The average Bonchev–Trinajstić information content (AvgIpc) is 2.42. The predicted octanol–water partition coefficient (Wildman–Crippen LogP) is 2.87. The summed E-state index contributed by atoms with van der Waals surface area (Å²) in [6.45, 7) is 2.02. The molecule has 19 heavy (non-hydrogen) atoms. The Morgan fingerprint density at radius 2 is 2.00 bits per heavy atom. The van der Waals surface area contributed by atoms with Gasteiger partial charge in [0.15, 0.2) is 0 Å². The highest BCUT2D eigenvalue weighted by atomic mass is 35.5. The first kappa shape index (κ1) is 13.6. The SMILES string of the molecule is CCc1nc(N)nc(Cl)c1Cc1ccccc1OC. The molecule has 100 valence electrons. The highest BCUT2D eigenvalue weighted by Gasteiger charge is 2.13. The first-order valence-corrected chi connectivity index (χ1v) is 6.46. The Morgan fingerprint density at radius 1 is 1.26 bits per heavy atom. The fourth-order valence-electron chi connectivity index (χ4n) is 2.02. The molecule has 0 aliphatic carbocycles. The summed E-state index contributed by atoms with van der Waals surface area (Å²) in [5, 5.41) is 0.412. The Labute approximate surface area is 117 Å². The van der Waals surface area contributed by atoms with Gasteiger partial charge >= 0.3 is 0 Å². The van der Waals surface area contributed by atoms with Crippen molar-refractivity contribution in [3.63, 3.8) is 0 Å². The van der Waals surface area contributed by atoms with Crippen molar-refractivity contribution < 1.29 is 4.74 Å². The lowest BCUT2D eigenvalue weighted by molar-refractivity contribution is 0.410. The third-order valence-corrected chi connectivity index (χ3v) is 3.27. The lowest BCUT2D eigenvalue weighted by Crippen LogP contribution is -2.06. The number of aromatic nitrogens is 2. The van der Waals surface area contributed by atoms with Crippen molar-refractivity contribution >= 4 is 17.5 Å². The number of halogens is 1. The van der Waals surface area contributed by atoms with Crippen LogP contribution in [0.25, 0.3) is 0 Å². The van der Waals surface area contributed by atoms with Crippen molar-refractivity contribution in [1.29, 1.82) is 0 Å². The Hall–Kier alpha value is -1.81. The molecule has 2 aromatic rings. The second-order valence-electron chi connectivity index (χ2n) is 4.14. The number of rotatable bonds is 4. The molecule has 0 atom stereocenters. The third kappa shape index (κ3) is 2.96. The number of nitrogens with two attached hydrogens (primary N) is 1. The first-order valence-electron chi connectivity index (χ1n) is 6.08. The lowest BCUT2D eigenvalue weighted by atomic mass is 10.0. The number of ether oxygens (including phenoxy) is 1. The largest absolute Gasteiger partial charge is 0.496 e. The van der Waals surface area contributed by atoms with Gasteiger partial charge in [-0.3, -0.25) is 0 Å². The highest BCUT2D eigenvalue weighted by molar-refractivity contribution is 6.30. The van der Waals surface area contributed by atoms with E-state index in [9.17, 15) is 0 Å². The summed E-state index contributed by atoms with van der Waals surface area (Å²) in [5.41, 5.74) is 8.46. The van der Waals surface area contributed by atoms with E-state index in [4.69, 9.17) is 22.1 Å². The van der Waals surface area contributed by atoms with Crippen LogP contribution in [0.15, 0.2) is 24.3 Å². The summed E-state index contributed by atoms with van der Waals surface area (Å²) in [6, 6.07) is 7.83. The Bertz CT molecular complexity index is 587. The van der Waals surface area contributed by atoms with Gasteiger partial charge in [-0.2, -0.15) is 0 Å². The number of aryl methyl sites for hydroxylation is 1. The van der Waals surface area contributed by atoms with Crippen LogP contribution < -0.4 is 10.5 Å². The van der Waals surface area contributed by atoms with Gasteiger partial charge in [-0.25, -0.2) is 9.97 Å². The van der Waals surface area contributed by atoms with Gasteiger partial charge < -0.3 is 10.5 Å². The number of anilines is 1. The van der Waals surface area contributed by atoms with Crippen LogP contribution in [0, 0.1) is 0 Å². The van der Waals surface area contributed by atoms with Crippen molar-refractivity contribution in [2.45, 2.75) is 19.8 Å². The Balaban J connectivity index is 2.43. The average molecular weight is 278 g/mol. The molecule has 0 radical (unpaired) electrons. The molecule has 1 aromatic carbocycles. The number of hydrogen-bond donors (Lipinski definition) is 1. The van der Waals surface area contributed by atoms with Crippen LogP contribution in [0.1, 0.15) is 23.7 Å². The Morgan fingerprint density at radius 3 is 2.68 bits per heavy atom. The summed E-state index contributed by atoms with van der Waals surface area (Å²) in [6.07, 6.45) is 1.39. The molecule has 2 rings (SSSR count). The van der Waals surface area contributed by atoms with Gasteiger partial charge in [-0.1, -0.05) is 36.7 Å². The van der Waals surface area contributed by atoms with E-state index in [2.05, 4.69) is 9.97 Å². The molecule has 2 N–H and O–H groups in total. The van der Waals surface area contributed by atoms with Crippen LogP contribution in [-0.2, 0) is 12.8 Å². The van der Waals surface area contributed by atoms with Gasteiger partial charge in [0.2, 0.25) is 5.95 Å². The highest BCUT2D eigenvalue weighted by Crippen LogP contribution is 2.26. The van der Waals surface area contributed by atoms with Crippen LogP contribution in [0.2, 0.25) is 5.15 Å². The van der Waals surface area contributed by atoms with E-state index in [0.29, 0.717) is 11.6 Å². The molecule has 0 amide bonds. The van der Waals surface area contributed by atoms with E-state index in [1.807, 2.05) is 31.2 Å². The van der Waals surface area contributed by atoms with E-state index >= 15 is 0 Å². The molecule has 0 bridgehead atoms. The van der Waals surface area contributed by atoms with Crippen LogP contribution in [0.4, 0.5) is 5.95 Å². The summed E-state index contributed by atoms with van der Waals surface area (Å²) >= 11 is 6.19. The summed E-state index contributed by atoms with van der Waals surface area (Å²) < 4.78 is 5.35. The van der Waals surface area contributed by atoms with E-state index in [1.165, 1.54) is 0 Å². The second kappa shape index (κ2) is 5.89. The normalized spacial score (nSPS) is 10.5. The van der Waals surface area contributed by atoms with Gasteiger partial charge in [0, 0.05) is 12.0 Å². The fourth-order valence-corrected chi connectivity index (χ4v) is 2.29. The van der Waals surface area contributed by atoms with Crippen LogP contribution >= 0.6 is 11.6 Å². The minimum absolute atomic E-state index is 0.214. The summed E-state index contributed by atoms with van der Waals surface area (Å²) in [7, 11) is 1.65. The maximum Gasteiger partial charge on any atom is 0.221 e. The predicted molar refractivity (Wildman–Crippen MR) is 76.6 cm³/mol. The molecule has 0 saturated carbocycles. The monoisotopic (exact) mass is 277 g/mol. The number of benzene rings is 1.